The maximum Gasteiger partial charge on any atom is 0.256 e. The first kappa shape index (κ1) is 19.3. The van der Waals surface area contributed by atoms with E-state index in [4.69, 9.17) is 4.74 Å². The lowest BCUT2D eigenvalue weighted by Crippen LogP contribution is -2.41. The number of nitrogens with zero attached hydrogens (tertiary/aromatic N) is 1. The van der Waals surface area contributed by atoms with Gasteiger partial charge in [-0.25, -0.2) is 17.6 Å². The predicted molar refractivity (Wildman–Crippen MR) is 88.3 cm³/mol. The molecule has 0 aliphatic carbocycles. The minimum Gasteiger partial charge on any atom is -0.481 e. The molecule has 0 saturated carbocycles. The van der Waals surface area contributed by atoms with Gasteiger partial charge in [-0.1, -0.05) is 27.9 Å². The van der Waals surface area contributed by atoms with Crippen LogP contribution in [0.2, 0.25) is 0 Å². The Kier molecular flexibility index (Phi) is 6.48. The first-order valence-electron chi connectivity index (χ1n) is 7.30. The number of hydrogen-bond donors (Lipinski definition) is 0. The van der Waals surface area contributed by atoms with Crippen molar-refractivity contribution in [3.63, 3.8) is 0 Å². The van der Waals surface area contributed by atoms with Crippen LogP contribution in [0.1, 0.15) is 18.9 Å². The summed E-state index contributed by atoms with van der Waals surface area (Å²) in [5, 5.41) is 0. The van der Waals surface area contributed by atoms with Crippen molar-refractivity contribution < 1.29 is 27.1 Å². The Labute approximate surface area is 150 Å². The molecule has 1 unspecified atom stereocenters. The molecule has 1 aromatic rings. The fourth-order valence-corrected chi connectivity index (χ4v) is 2.78. The molecule has 0 saturated heterocycles. The van der Waals surface area contributed by atoms with Gasteiger partial charge >= 0.3 is 0 Å². The molecule has 1 heterocycles. The minimum atomic E-state index is -2.84. The van der Waals surface area contributed by atoms with Gasteiger partial charge in [0.25, 0.3) is 6.43 Å². The summed E-state index contributed by atoms with van der Waals surface area (Å²) in [4.78, 5) is 12.1. The van der Waals surface area contributed by atoms with Gasteiger partial charge in [0, 0.05) is 12.1 Å². The molecule has 134 valence electrons. The smallest absolute Gasteiger partial charge is 0.256 e. The van der Waals surface area contributed by atoms with E-state index in [0.29, 0.717) is 4.90 Å². The number of carbonyl (C=O) groups is 1. The number of halogens is 5. The standard InChI is InChI=1S/C17H14BrF4NO2/c1-2-3-6-25-10-7-12(19)16(13(20)8-10)14-5-4-11(18)17(24)23(14)9-15(21)22/h5,7-8,11,15H,4,6,9H2,1H3. The molecule has 0 radical (unpaired) electrons. The van der Waals surface area contributed by atoms with Gasteiger partial charge in [-0.2, -0.15) is 0 Å². The highest BCUT2D eigenvalue weighted by molar-refractivity contribution is 9.10. The molecule has 8 heteroatoms. The topological polar surface area (TPSA) is 29.5 Å². The summed E-state index contributed by atoms with van der Waals surface area (Å²) in [5.41, 5.74) is -0.752. The number of amides is 1. The lowest BCUT2D eigenvalue weighted by molar-refractivity contribution is -0.129. The Bertz CT molecular complexity index is 732. The number of carbonyl (C=O) groups excluding carboxylic acids is 1. The fourth-order valence-electron chi connectivity index (χ4n) is 2.35. The number of ether oxygens (including phenoxy) is 1. The summed E-state index contributed by atoms with van der Waals surface area (Å²) in [6.07, 6.45) is -1.35. The van der Waals surface area contributed by atoms with Crippen LogP contribution in [0.4, 0.5) is 17.6 Å². The molecule has 25 heavy (non-hydrogen) atoms. The molecule has 1 aliphatic rings. The number of rotatable bonds is 5. The van der Waals surface area contributed by atoms with Crippen LogP contribution in [-0.2, 0) is 4.79 Å². The molecule has 2 rings (SSSR count). The molecule has 3 nitrogen and oxygen atoms in total. The first-order chi connectivity index (χ1) is 11.8. The third-order valence-corrected chi connectivity index (χ3v) is 4.19. The van der Waals surface area contributed by atoms with E-state index < -0.39 is 40.9 Å². The van der Waals surface area contributed by atoms with Gasteiger partial charge in [0.05, 0.1) is 22.6 Å². The summed E-state index contributed by atoms with van der Waals surface area (Å²) in [6, 6.07) is 1.86. The maximum atomic E-state index is 14.4. The second kappa shape index (κ2) is 8.39. The second-order valence-electron chi connectivity index (χ2n) is 5.11. The summed E-state index contributed by atoms with van der Waals surface area (Å²) in [5.74, 6) is 2.39. The molecule has 1 atom stereocenters. The molecule has 1 aromatic carbocycles. The van der Waals surface area contributed by atoms with Gasteiger partial charge in [0.15, 0.2) is 0 Å². The third kappa shape index (κ3) is 4.54. The Morgan fingerprint density at radius 2 is 2.00 bits per heavy atom. The quantitative estimate of drug-likeness (QED) is 0.410. The van der Waals surface area contributed by atoms with Gasteiger partial charge in [-0.15, -0.1) is 5.92 Å². The van der Waals surface area contributed by atoms with Crippen molar-refractivity contribution in [2.24, 2.45) is 0 Å². The maximum absolute atomic E-state index is 14.4. The van der Waals surface area contributed by atoms with E-state index in [9.17, 15) is 22.4 Å². The number of benzene rings is 1. The van der Waals surface area contributed by atoms with Crippen molar-refractivity contribution in [2.45, 2.75) is 24.6 Å². The van der Waals surface area contributed by atoms with Gasteiger partial charge in [-0.3, -0.25) is 4.79 Å². The fraction of sp³-hybridized carbons (Fsp3) is 0.353. The van der Waals surface area contributed by atoms with Gasteiger partial charge in [0.1, 0.15) is 24.0 Å². The van der Waals surface area contributed by atoms with Crippen molar-refractivity contribution >= 4 is 27.5 Å². The van der Waals surface area contributed by atoms with Crippen LogP contribution in [0.3, 0.4) is 0 Å². The molecule has 0 fully saturated rings. The Balaban J connectivity index is 2.40. The molecular weight excluding hydrogens is 406 g/mol. The molecule has 0 N–H and O–H groups in total. The zero-order valence-electron chi connectivity index (χ0n) is 13.2. The zero-order valence-corrected chi connectivity index (χ0v) is 14.7. The Hall–Kier alpha value is -2.01. The van der Waals surface area contributed by atoms with Crippen LogP contribution < -0.4 is 4.74 Å². The monoisotopic (exact) mass is 419 g/mol. The van der Waals surface area contributed by atoms with Crippen molar-refractivity contribution in [1.29, 1.82) is 0 Å². The van der Waals surface area contributed by atoms with Crippen molar-refractivity contribution in [2.75, 3.05) is 13.2 Å². The lowest BCUT2D eigenvalue weighted by atomic mass is 10.0. The van der Waals surface area contributed by atoms with Crippen LogP contribution in [0, 0.1) is 23.5 Å². The minimum absolute atomic E-state index is 0.0430. The van der Waals surface area contributed by atoms with Gasteiger partial charge < -0.3 is 9.64 Å². The molecule has 0 aromatic heterocycles. The molecule has 1 aliphatic heterocycles. The van der Waals surface area contributed by atoms with E-state index in [1.807, 2.05) is 0 Å². The van der Waals surface area contributed by atoms with Crippen LogP contribution in [-0.4, -0.2) is 35.2 Å². The highest BCUT2D eigenvalue weighted by Crippen LogP contribution is 2.34. The van der Waals surface area contributed by atoms with E-state index in [1.165, 1.54) is 6.08 Å². The molecule has 0 spiro atoms. The first-order valence-corrected chi connectivity index (χ1v) is 8.22. The Morgan fingerprint density at radius 1 is 1.36 bits per heavy atom. The van der Waals surface area contributed by atoms with Crippen LogP contribution in [0.5, 0.6) is 5.75 Å². The summed E-state index contributed by atoms with van der Waals surface area (Å²) in [6.45, 7) is 0.601. The average molecular weight is 420 g/mol. The van der Waals surface area contributed by atoms with E-state index in [0.717, 1.165) is 12.1 Å². The molecule has 0 bridgehead atoms. The zero-order chi connectivity index (χ0) is 18.6. The van der Waals surface area contributed by atoms with E-state index >= 15 is 0 Å². The number of hydrogen-bond acceptors (Lipinski definition) is 2. The molecule has 1 amide bonds. The summed E-state index contributed by atoms with van der Waals surface area (Å²) in [7, 11) is 0. The van der Waals surface area contributed by atoms with Crippen LogP contribution >= 0.6 is 15.9 Å². The molecular formula is C17H14BrF4NO2. The summed E-state index contributed by atoms with van der Waals surface area (Å²) < 4.78 is 59.5. The highest BCUT2D eigenvalue weighted by Gasteiger charge is 2.33. The third-order valence-electron chi connectivity index (χ3n) is 3.42. The Morgan fingerprint density at radius 3 is 2.56 bits per heavy atom. The number of alkyl halides is 3. The normalized spacial score (nSPS) is 17.2. The van der Waals surface area contributed by atoms with Crippen molar-refractivity contribution in [3.8, 4) is 17.6 Å². The predicted octanol–water partition coefficient (Wildman–Crippen LogP) is 3.97. The largest absolute Gasteiger partial charge is 0.481 e. The van der Waals surface area contributed by atoms with Crippen LogP contribution in [0.15, 0.2) is 18.2 Å². The van der Waals surface area contributed by atoms with E-state index in [-0.39, 0.29) is 24.5 Å². The summed E-state index contributed by atoms with van der Waals surface area (Å²) >= 11 is 3.07. The van der Waals surface area contributed by atoms with Crippen molar-refractivity contribution in [1.82, 2.24) is 4.90 Å². The van der Waals surface area contributed by atoms with E-state index in [2.05, 4.69) is 27.8 Å². The second-order valence-corrected chi connectivity index (χ2v) is 6.22. The number of allylic oxidation sites excluding steroid dienone is 1. The van der Waals surface area contributed by atoms with Gasteiger partial charge in [0.2, 0.25) is 5.91 Å². The highest BCUT2D eigenvalue weighted by atomic mass is 79.9. The van der Waals surface area contributed by atoms with Gasteiger partial charge in [-0.05, 0) is 13.3 Å². The van der Waals surface area contributed by atoms with E-state index in [1.54, 1.807) is 6.92 Å². The van der Waals surface area contributed by atoms with Crippen molar-refractivity contribution in [3.05, 3.63) is 35.4 Å². The van der Waals surface area contributed by atoms with Crippen LogP contribution in [0.25, 0.3) is 5.70 Å². The lowest BCUT2D eigenvalue weighted by Gasteiger charge is -2.31. The average Bonchev–Trinajstić information content (AvgIpc) is 2.53. The SMILES string of the molecule is CC#CCOc1cc(F)c(C2=CCC(Br)C(=O)N2CC(F)F)c(F)c1.